The molecular formula is C16H13FN2OS. The molecule has 0 bridgehead atoms. The minimum atomic E-state index is -0.307. The van der Waals surface area contributed by atoms with Crippen LogP contribution >= 0.6 is 11.3 Å². The Bertz CT molecular complexity index is 841. The Morgan fingerprint density at radius 2 is 1.95 bits per heavy atom. The van der Waals surface area contributed by atoms with E-state index in [1.165, 1.54) is 23.5 Å². The lowest BCUT2D eigenvalue weighted by molar-refractivity contribution is 0.102. The number of fused-ring (bicyclic) bond motifs is 1. The Morgan fingerprint density at radius 1 is 1.14 bits per heavy atom. The summed E-state index contributed by atoms with van der Waals surface area (Å²) < 4.78 is 13.9. The number of aromatic nitrogens is 1. The van der Waals surface area contributed by atoms with E-state index in [9.17, 15) is 9.18 Å². The third-order valence-electron chi connectivity index (χ3n) is 3.34. The molecule has 3 rings (SSSR count). The van der Waals surface area contributed by atoms with E-state index < -0.39 is 0 Å². The number of aryl methyl sites for hydroxylation is 2. The molecule has 0 unspecified atom stereocenters. The summed E-state index contributed by atoms with van der Waals surface area (Å²) in [6, 6.07) is 9.92. The van der Waals surface area contributed by atoms with Crippen molar-refractivity contribution in [2.24, 2.45) is 0 Å². The minimum absolute atomic E-state index is 0.211. The van der Waals surface area contributed by atoms with E-state index in [0.29, 0.717) is 20.9 Å². The molecule has 21 heavy (non-hydrogen) atoms. The van der Waals surface area contributed by atoms with Crippen molar-refractivity contribution in [3.8, 4) is 0 Å². The van der Waals surface area contributed by atoms with Gasteiger partial charge in [0.2, 0.25) is 0 Å². The van der Waals surface area contributed by atoms with Crippen molar-refractivity contribution >= 4 is 32.6 Å². The van der Waals surface area contributed by atoms with Crippen LogP contribution in [0.15, 0.2) is 36.4 Å². The van der Waals surface area contributed by atoms with Gasteiger partial charge in [-0.2, -0.15) is 0 Å². The molecule has 1 aromatic heterocycles. The normalized spacial score (nSPS) is 10.8. The van der Waals surface area contributed by atoms with Gasteiger partial charge in [-0.05, 0) is 55.3 Å². The molecule has 1 N–H and O–H groups in total. The lowest BCUT2D eigenvalue weighted by atomic mass is 10.1. The smallest absolute Gasteiger partial charge is 0.257 e. The number of halogens is 1. The van der Waals surface area contributed by atoms with Gasteiger partial charge < -0.3 is 0 Å². The summed E-state index contributed by atoms with van der Waals surface area (Å²) in [7, 11) is 0. The number of carbonyl (C=O) groups excluding carboxylic acids is 1. The number of amides is 1. The molecule has 5 heteroatoms. The second-order valence-electron chi connectivity index (χ2n) is 4.88. The maximum Gasteiger partial charge on any atom is 0.257 e. The molecule has 0 aliphatic heterocycles. The number of nitrogens with one attached hydrogen (secondary N) is 1. The zero-order chi connectivity index (χ0) is 15.0. The van der Waals surface area contributed by atoms with Gasteiger partial charge in [-0.1, -0.05) is 17.4 Å². The van der Waals surface area contributed by atoms with Gasteiger partial charge in [0.25, 0.3) is 5.91 Å². The number of benzene rings is 2. The van der Waals surface area contributed by atoms with Crippen molar-refractivity contribution in [3.63, 3.8) is 0 Å². The van der Waals surface area contributed by atoms with Gasteiger partial charge in [0.15, 0.2) is 5.13 Å². The Hall–Kier alpha value is -2.27. The first-order valence-corrected chi connectivity index (χ1v) is 7.29. The fourth-order valence-electron chi connectivity index (χ4n) is 2.00. The molecule has 0 saturated carbocycles. The van der Waals surface area contributed by atoms with E-state index in [2.05, 4.69) is 10.3 Å². The molecule has 3 nitrogen and oxygen atoms in total. The van der Waals surface area contributed by atoms with E-state index >= 15 is 0 Å². The number of nitrogens with zero attached hydrogens (tertiary/aromatic N) is 1. The lowest BCUT2D eigenvalue weighted by Gasteiger charge is -2.04. The topological polar surface area (TPSA) is 42.0 Å². The number of thiazole rings is 1. The average Bonchev–Trinajstić information content (AvgIpc) is 2.83. The van der Waals surface area contributed by atoms with E-state index in [4.69, 9.17) is 0 Å². The minimum Gasteiger partial charge on any atom is -0.298 e. The van der Waals surface area contributed by atoms with Gasteiger partial charge in [-0.3, -0.25) is 10.1 Å². The lowest BCUT2D eigenvalue weighted by Crippen LogP contribution is -2.11. The Kier molecular flexibility index (Phi) is 3.43. The summed E-state index contributed by atoms with van der Waals surface area (Å²) >= 11 is 1.26. The first-order valence-electron chi connectivity index (χ1n) is 6.47. The third kappa shape index (κ3) is 2.78. The number of carbonyl (C=O) groups is 1. The van der Waals surface area contributed by atoms with Crippen LogP contribution in [0.25, 0.3) is 10.2 Å². The first kappa shape index (κ1) is 13.7. The van der Waals surface area contributed by atoms with Gasteiger partial charge in [0.05, 0.1) is 10.2 Å². The highest BCUT2D eigenvalue weighted by Crippen LogP contribution is 2.26. The van der Waals surface area contributed by atoms with Crippen LogP contribution in [0.3, 0.4) is 0 Å². The number of hydrogen-bond acceptors (Lipinski definition) is 3. The molecule has 2 aromatic carbocycles. The third-order valence-corrected chi connectivity index (χ3v) is 4.27. The maximum absolute atomic E-state index is 13.1. The average molecular weight is 300 g/mol. The van der Waals surface area contributed by atoms with Crippen LogP contribution in [0.2, 0.25) is 0 Å². The van der Waals surface area contributed by atoms with Crippen LogP contribution in [0, 0.1) is 19.7 Å². The second kappa shape index (κ2) is 5.26. The van der Waals surface area contributed by atoms with E-state index in [1.54, 1.807) is 12.1 Å². The van der Waals surface area contributed by atoms with Crippen molar-refractivity contribution in [1.82, 2.24) is 4.98 Å². The van der Waals surface area contributed by atoms with E-state index in [0.717, 1.165) is 11.1 Å². The molecule has 0 aliphatic rings. The number of anilines is 1. The largest absolute Gasteiger partial charge is 0.298 e. The molecule has 0 aliphatic carbocycles. The monoisotopic (exact) mass is 300 g/mol. The van der Waals surface area contributed by atoms with E-state index in [-0.39, 0.29) is 11.7 Å². The number of hydrogen-bond donors (Lipinski definition) is 1. The van der Waals surface area contributed by atoms with Crippen LogP contribution in [0.5, 0.6) is 0 Å². The van der Waals surface area contributed by atoms with Crippen LogP contribution in [-0.2, 0) is 0 Å². The zero-order valence-electron chi connectivity index (χ0n) is 11.6. The summed E-state index contributed by atoms with van der Waals surface area (Å²) in [4.78, 5) is 16.5. The van der Waals surface area contributed by atoms with Crippen LogP contribution < -0.4 is 5.32 Å². The summed E-state index contributed by atoms with van der Waals surface area (Å²) in [5.74, 6) is -0.518. The molecule has 0 atom stereocenters. The van der Waals surface area contributed by atoms with Crippen LogP contribution in [0.1, 0.15) is 21.5 Å². The molecule has 106 valence electrons. The summed E-state index contributed by atoms with van der Waals surface area (Å²) in [5.41, 5.74) is 3.47. The Morgan fingerprint density at radius 3 is 2.71 bits per heavy atom. The van der Waals surface area contributed by atoms with Crippen LogP contribution in [0.4, 0.5) is 9.52 Å². The fourth-order valence-corrected chi connectivity index (χ4v) is 2.89. The summed E-state index contributed by atoms with van der Waals surface area (Å²) in [6.45, 7) is 3.96. The van der Waals surface area contributed by atoms with Gasteiger partial charge in [0, 0.05) is 5.56 Å². The zero-order valence-corrected chi connectivity index (χ0v) is 12.4. The van der Waals surface area contributed by atoms with Gasteiger partial charge in [-0.15, -0.1) is 0 Å². The fraction of sp³-hybridized carbons (Fsp3) is 0.125. The second-order valence-corrected chi connectivity index (χ2v) is 5.91. The summed E-state index contributed by atoms with van der Waals surface area (Å²) in [6.07, 6.45) is 0. The van der Waals surface area contributed by atoms with Crippen LogP contribution in [-0.4, -0.2) is 10.9 Å². The molecule has 0 saturated heterocycles. The standard InChI is InChI=1S/C16H13FN2OS/c1-9-3-4-11(7-10(9)2)15(20)19-16-18-13-6-5-12(17)8-14(13)21-16/h3-8H,1-2H3,(H,18,19,20). The molecule has 0 radical (unpaired) electrons. The molecular weight excluding hydrogens is 287 g/mol. The van der Waals surface area contributed by atoms with Gasteiger partial charge >= 0.3 is 0 Å². The van der Waals surface area contributed by atoms with Gasteiger partial charge in [-0.25, -0.2) is 9.37 Å². The van der Waals surface area contributed by atoms with Crippen molar-refractivity contribution in [1.29, 1.82) is 0 Å². The molecule has 1 heterocycles. The van der Waals surface area contributed by atoms with Gasteiger partial charge in [0.1, 0.15) is 5.82 Å². The Labute approximate surface area is 125 Å². The quantitative estimate of drug-likeness (QED) is 0.766. The predicted octanol–water partition coefficient (Wildman–Crippen LogP) is 4.30. The van der Waals surface area contributed by atoms with E-state index in [1.807, 2.05) is 26.0 Å². The SMILES string of the molecule is Cc1ccc(C(=O)Nc2nc3ccc(F)cc3s2)cc1C. The summed E-state index contributed by atoms with van der Waals surface area (Å²) in [5, 5.41) is 3.23. The molecule has 1 amide bonds. The predicted molar refractivity (Wildman–Crippen MR) is 83.4 cm³/mol. The molecule has 0 spiro atoms. The molecule has 3 aromatic rings. The first-order chi connectivity index (χ1) is 10.0. The van der Waals surface area contributed by atoms with Crippen molar-refractivity contribution in [2.75, 3.05) is 5.32 Å². The number of rotatable bonds is 2. The highest BCUT2D eigenvalue weighted by Gasteiger charge is 2.11. The Balaban J connectivity index is 1.87. The highest BCUT2D eigenvalue weighted by molar-refractivity contribution is 7.22. The van der Waals surface area contributed by atoms with Crippen molar-refractivity contribution < 1.29 is 9.18 Å². The maximum atomic E-state index is 13.1. The van der Waals surface area contributed by atoms with Crippen molar-refractivity contribution in [3.05, 3.63) is 58.9 Å². The van der Waals surface area contributed by atoms with Crippen molar-refractivity contribution in [2.45, 2.75) is 13.8 Å². The highest BCUT2D eigenvalue weighted by atomic mass is 32.1. The molecule has 0 fully saturated rings.